The quantitative estimate of drug-likeness (QED) is 0.286. The van der Waals surface area contributed by atoms with Crippen LogP contribution >= 0.6 is 0 Å². The maximum Gasteiger partial charge on any atom is 0.258 e. The Balaban J connectivity index is 1.28. The third-order valence-corrected chi connectivity index (χ3v) is 8.27. The maximum atomic E-state index is 14.5. The normalized spacial score (nSPS) is 17.4. The molecule has 0 aliphatic carbocycles. The summed E-state index contributed by atoms with van der Waals surface area (Å²) in [6.45, 7) is 6.95. The minimum atomic E-state index is -0.514. The van der Waals surface area contributed by atoms with Crippen LogP contribution in [0.25, 0.3) is 10.9 Å². The van der Waals surface area contributed by atoms with Gasteiger partial charge in [0.2, 0.25) is 0 Å². The van der Waals surface area contributed by atoms with Gasteiger partial charge >= 0.3 is 0 Å². The first-order chi connectivity index (χ1) is 20.4. The number of ether oxygens (including phenoxy) is 1. The third kappa shape index (κ3) is 5.93. The van der Waals surface area contributed by atoms with Gasteiger partial charge in [-0.3, -0.25) is 14.9 Å². The lowest BCUT2D eigenvalue weighted by Crippen LogP contribution is -2.44. The second-order valence-corrected chi connectivity index (χ2v) is 11.1. The number of piperazine rings is 1. The number of hydrogen-bond acceptors (Lipinski definition) is 7. The second kappa shape index (κ2) is 12.0. The van der Waals surface area contributed by atoms with Crippen molar-refractivity contribution in [3.05, 3.63) is 77.1 Å². The van der Waals surface area contributed by atoms with E-state index in [1.165, 1.54) is 6.07 Å². The van der Waals surface area contributed by atoms with E-state index >= 15 is 0 Å². The summed E-state index contributed by atoms with van der Waals surface area (Å²) in [7, 11) is 2.13. The highest BCUT2D eigenvalue weighted by atomic mass is 19.1. The topological polar surface area (TPSA) is 98.4 Å². The molecule has 42 heavy (non-hydrogen) atoms. The first kappa shape index (κ1) is 28.0. The van der Waals surface area contributed by atoms with Crippen molar-refractivity contribution >= 4 is 34.0 Å². The Morgan fingerprint density at radius 1 is 1.07 bits per heavy atom. The number of aromatic amines is 1. The summed E-state index contributed by atoms with van der Waals surface area (Å²) in [6, 6.07) is 11.3. The van der Waals surface area contributed by atoms with E-state index in [4.69, 9.17) is 4.74 Å². The average Bonchev–Trinajstić information content (AvgIpc) is 3.40. The van der Waals surface area contributed by atoms with Gasteiger partial charge in [-0.15, -0.1) is 0 Å². The zero-order chi connectivity index (χ0) is 29.2. The molecule has 0 spiro atoms. The Kier molecular flexibility index (Phi) is 8.03. The standard InChI is InChI=1S/C31H35F2N7O2/c1-19(24-15-20(32)3-6-26(24)33)27-17-25-29(18-34-27)37-38-30(25)36-31(41)23-5-4-22(40-11-9-39(2)10-12-40)16-28(23)35-21-7-13-42-14-8-21/h3-6,15-19,21,35H,7-14H2,1-2H3,(H2,36,37,38,41). The van der Waals surface area contributed by atoms with Gasteiger partial charge in [0.05, 0.1) is 17.3 Å². The lowest BCUT2D eigenvalue weighted by atomic mass is 9.96. The summed E-state index contributed by atoms with van der Waals surface area (Å²) in [5, 5.41) is 14.4. The molecule has 0 bridgehead atoms. The lowest BCUT2D eigenvalue weighted by molar-refractivity contribution is 0.0904. The Morgan fingerprint density at radius 3 is 2.64 bits per heavy atom. The maximum absolute atomic E-state index is 14.5. The Labute approximate surface area is 243 Å². The minimum Gasteiger partial charge on any atom is -0.381 e. The molecule has 2 saturated heterocycles. The summed E-state index contributed by atoms with van der Waals surface area (Å²) in [5.41, 5.74) is 3.72. The summed E-state index contributed by atoms with van der Waals surface area (Å²) < 4.78 is 33.9. The fraction of sp³-hybridized carbons (Fsp3) is 0.387. The molecule has 2 aromatic carbocycles. The van der Waals surface area contributed by atoms with E-state index in [0.29, 0.717) is 41.2 Å². The number of nitrogens with one attached hydrogen (secondary N) is 3. The third-order valence-electron chi connectivity index (χ3n) is 8.27. The van der Waals surface area contributed by atoms with E-state index in [-0.39, 0.29) is 17.5 Å². The molecule has 1 amide bonds. The molecule has 2 aliphatic heterocycles. The van der Waals surface area contributed by atoms with Crippen molar-refractivity contribution in [3.8, 4) is 0 Å². The number of halogens is 2. The highest BCUT2D eigenvalue weighted by Crippen LogP contribution is 2.31. The summed E-state index contributed by atoms with van der Waals surface area (Å²) in [4.78, 5) is 22.8. The van der Waals surface area contributed by atoms with E-state index in [1.807, 2.05) is 12.1 Å². The van der Waals surface area contributed by atoms with Gasteiger partial charge in [-0.25, -0.2) is 8.78 Å². The second-order valence-electron chi connectivity index (χ2n) is 11.1. The molecule has 2 aliphatic rings. The number of likely N-dealkylation sites (N-methyl/N-ethyl adjacent to an activating group) is 1. The van der Waals surface area contributed by atoms with Crippen LogP contribution in [0.5, 0.6) is 0 Å². The van der Waals surface area contributed by atoms with E-state index in [9.17, 15) is 13.6 Å². The van der Waals surface area contributed by atoms with Gasteiger partial charge in [-0.2, -0.15) is 5.10 Å². The highest BCUT2D eigenvalue weighted by molar-refractivity contribution is 6.11. The smallest absolute Gasteiger partial charge is 0.258 e. The van der Waals surface area contributed by atoms with Crippen LogP contribution in [0.15, 0.2) is 48.7 Å². The van der Waals surface area contributed by atoms with Crippen molar-refractivity contribution in [2.45, 2.75) is 31.7 Å². The number of carbonyl (C=O) groups excluding carboxylic acids is 1. The number of nitrogens with zero attached hydrogens (tertiary/aromatic N) is 4. The number of anilines is 3. The molecule has 9 nitrogen and oxygen atoms in total. The number of fused-ring (bicyclic) bond motifs is 1. The highest BCUT2D eigenvalue weighted by Gasteiger charge is 2.23. The Hall–Kier alpha value is -4.09. The molecule has 11 heteroatoms. The van der Waals surface area contributed by atoms with Gasteiger partial charge in [0.25, 0.3) is 5.91 Å². The van der Waals surface area contributed by atoms with E-state index in [0.717, 1.165) is 62.5 Å². The fourth-order valence-electron chi connectivity index (χ4n) is 5.62. The molecule has 4 heterocycles. The predicted octanol–water partition coefficient (Wildman–Crippen LogP) is 4.98. The van der Waals surface area contributed by atoms with Crippen LogP contribution < -0.4 is 15.5 Å². The molecule has 1 unspecified atom stereocenters. The van der Waals surface area contributed by atoms with E-state index < -0.39 is 17.6 Å². The molecule has 3 N–H and O–H groups in total. The van der Waals surface area contributed by atoms with Crippen LogP contribution in [0.4, 0.5) is 26.0 Å². The van der Waals surface area contributed by atoms with Crippen LogP contribution in [0.2, 0.25) is 0 Å². The number of pyridine rings is 1. The lowest BCUT2D eigenvalue weighted by Gasteiger charge is -2.34. The Morgan fingerprint density at radius 2 is 1.86 bits per heavy atom. The average molecular weight is 576 g/mol. The van der Waals surface area contributed by atoms with Crippen molar-refractivity contribution in [2.24, 2.45) is 0 Å². The van der Waals surface area contributed by atoms with E-state index in [2.05, 4.69) is 48.7 Å². The number of amides is 1. The van der Waals surface area contributed by atoms with Crippen molar-refractivity contribution in [1.82, 2.24) is 20.1 Å². The predicted molar refractivity (Wildman–Crippen MR) is 159 cm³/mol. The van der Waals surface area contributed by atoms with Crippen molar-refractivity contribution in [1.29, 1.82) is 0 Å². The molecule has 6 rings (SSSR count). The van der Waals surface area contributed by atoms with Crippen molar-refractivity contribution in [3.63, 3.8) is 0 Å². The molecule has 0 saturated carbocycles. The molecule has 220 valence electrons. The monoisotopic (exact) mass is 575 g/mol. The largest absolute Gasteiger partial charge is 0.381 e. The molecular weight excluding hydrogens is 540 g/mol. The summed E-state index contributed by atoms with van der Waals surface area (Å²) in [5.74, 6) is -1.49. The van der Waals surface area contributed by atoms with Gasteiger partial charge in [0.15, 0.2) is 5.82 Å². The van der Waals surface area contributed by atoms with Gasteiger partial charge in [-0.1, -0.05) is 6.92 Å². The van der Waals surface area contributed by atoms with Crippen molar-refractivity contribution in [2.75, 3.05) is 62.0 Å². The van der Waals surface area contributed by atoms with Gasteiger partial charge in [-0.05, 0) is 67.9 Å². The number of carbonyl (C=O) groups is 1. The molecule has 2 fully saturated rings. The van der Waals surface area contributed by atoms with Crippen LogP contribution in [0.1, 0.15) is 47.3 Å². The van der Waals surface area contributed by atoms with Gasteiger partial charge in [0.1, 0.15) is 11.6 Å². The van der Waals surface area contributed by atoms with E-state index in [1.54, 1.807) is 19.2 Å². The zero-order valence-electron chi connectivity index (χ0n) is 23.8. The molecular formula is C31H35F2N7O2. The van der Waals surface area contributed by atoms with Crippen LogP contribution in [0.3, 0.4) is 0 Å². The fourth-order valence-corrected chi connectivity index (χ4v) is 5.62. The first-order valence-corrected chi connectivity index (χ1v) is 14.4. The van der Waals surface area contributed by atoms with Crippen LogP contribution in [-0.4, -0.2) is 78.5 Å². The first-order valence-electron chi connectivity index (χ1n) is 14.4. The van der Waals surface area contributed by atoms with Crippen molar-refractivity contribution < 1.29 is 18.3 Å². The number of H-pyrrole nitrogens is 1. The SMILES string of the molecule is CC(c1cc2c(NC(=O)c3ccc(N4CCN(C)CC4)cc3NC3CCOCC3)n[nH]c2cn1)c1cc(F)ccc1F. The van der Waals surface area contributed by atoms with Crippen LogP contribution in [-0.2, 0) is 4.74 Å². The van der Waals surface area contributed by atoms with Crippen LogP contribution in [0, 0.1) is 11.6 Å². The summed E-state index contributed by atoms with van der Waals surface area (Å²) >= 11 is 0. The van der Waals surface area contributed by atoms with Gasteiger partial charge in [0, 0.05) is 73.8 Å². The number of aromatic nitrogens is 3. The molecule has 0 radical (unpaired) electrons. The molecule has 4 aromatic rings. The minimum absolute atomic E-state index is 0.206. The molecule has 2 aromatic heterocycles. The number of hydrogen-bond donors (Lipinski definition) is 3. The molecule has 1 atom stereocenters. The zero-order valence-corrected chi connectivity index (χ0v) is 23.8. The number of rotatable bonds is 7. The summed E-state index contributed by atoms with van der Waals surface area (Å²) in [6.07, 6.45) is 3.32. The van der Waals surface area contributed by atoms with Gasteiger partial charge < -0.3 is 25.2 Å². The Bertz CT molecular complexity index is 1580. The number of benzene rings is 2.